The third-order valence-electron chi connectivity index (χ3n) is 3.42. The molecule has 3 heterocycles. The van der Waals surface area contributed by atoms with Crippen LogP contribution in [0.1, 0.15) is 27.2 Å². The maximum absolute atomic E-state index is 6.01. The van der Waals surface area contributed by atoms with Gasteiger partial charge in [0, 0.05) is 6.42 Å². The van der Waals surface area contributed by atoms with Crippen molar-refractivity contribution in [3.05, 3.63) is 0 Å². The normalized spacial score (nSPS) is 33.6. The molecule has 3 saturated heterocycles. The van der Waals surface area contributed by atoms with Crippen LogP contribution in [0.3, 0.4) is 0 Å². The summed E-state index contributed by atoms with van der Waals surface area (Å²) in [5.74, 6) is -1.04. The number of hydrogen-bond donors (Lipinski definition) is 0. The Balaban J connectivity index is 1.61. The molecule has 0 aromatic carbocycles. The highest BCUT2D eigenvalue weighted by Crippen LogP contribution is 2.34. The van der Waals surface area contributed by atoms with E-state index < -0.39 is 5.97 Å². The second-order valence-corrected chi connectivity index (χ2v) is 7.22. The highest BCUT2D eigenvalue weighted by molar-refractivity contribution is 4.78. The second kappa shape index (κ2) is 6.10. The van der Waals surface area contributed by atoms with Crippen molar-refractivity contribution in [1.82, 2.24) is 0 Å². The average Bonchev–Trinajstić information content (AvgIpc) is 3.27. The van der Waals surface area contributed by atoms with E-state index in [4.69, 9.17) is 28.4 Å². The number of hydrogen-bond acceptors (Lipinski definition) is 6. The van der Waals surface area contributed by atoms with E-state index >= 15 is 0 Å². The molecular formula is C15H26O6. The van der Waals surface area contributed by atoms with Crippen molar-refractivity contribution in [2.45, 2.75) is 51.5 Å². The molecule has 122 valence electrons. The molecule has 0 saturated carbocycles. The summed E-state index contributed by atoms with van der Waals surface area (Å²) in [7, 11) is 0. The van der Waals surface area contributed by atoms with Gasteiger partial charge < -0.3 is 28.4 Å². The Morgan fingerprint density at radius 2 is 1.10 bits per heavy atom. The molecule has 6 heteroatoms. The molecule has 3 atom stereocenters. The van der Waals surface area contributed by atoms with Crippen molar-refractivity contribution < 1.29 is 28.4 Å². The summed E-state index contributed by atoms with van der Waals surface area (Å²) in [6, 6.07) is 0. The van der Waals surface area contributed by atoms with Gasteiger partial charge in [0.25, 0.3) is 5.97 Å². The van der Waals surface area contributed by atoms with Gasteiger partial charge in [-0.3, -0.25) is 0 Å². The van der Waals surface area contributed by atoms with Crippen molar-refractivity contribution in [2.75, 3.05) is 39.6 Å². The Morgan fingerprint density at radius 1 is 0.762 bits per heavy atom. The van der Waals surface area contributed by atoms with Gasteiger partial charge in [-0.15, -0.1) is 0 Å². The van der Waals surface area contributed by atoms with Crippen LogP contribution in [0.15, 0.2) is 0 Å². The van der Waals surface area contributed by atoms with Crippen molar-refractivity contribution in [1.29, 1.82) is 0 Å². The topological polar surface area (TPSA) is 65.3 Å². The zero-order valence-corrected chi connectivity index (χ0v) is 13.1. The lowest BCUT2D eigenvalue weighted by molar-refractivity contribution is -0.392. The molecule has 0 radical (unpaired) electrons. The minimum Gasteiger partial charge on any atom is -0.371 e. The molecule has 3 rings (SSSR count). The highest BCUT2D eigenvalue weighted by Gasteiger charge is 2.43. The number of epoxide rings is 3. The fourth-order valence-corrected chi connectivity index (χ4v) is 2.08. The summed E-state index contributed by atoms with van der Waals surface area (Å²) in [6.45, 7) is 10.2. The van der Waals surface area contributed by atoms with E-state index in [2.05, 4.69) is 20.8 Å². The Bertz CT molecular complexity index is 300. The van der Waals surface area contributed by atoms with E-state index in [0.29, 0.717) is 26.2 Å². The smallest absolute Gasteiger partial charge is 0.283 e. The van der Waals surface area contributed by atoms with Crippen molar-refractivity contribution in [3.63, 3.8) is 0 Å². The second-order valence-electron chi connectivity index (χ2n) is 7.22. The van der Waals surface area contributed by atoms with Gasteiger partial charge in [0.1, 0.15) is 18.3 Å². The SMILES string of the molecule is CC(C)(C)CC(OCC1CO1)(OCC1CO1)OCC1CO1. The minimum atomic E-state index is -1.04. The van der Waals surface area contributed by atoms with Crippen LogP contribution in [-0.2, 0) is 28.4 Å². The summed E-state index contributed by atoms with van der Waals surface area (Å²) >= 11 is 0. The fourth-order valence-electron chi connectivity index (χ4n) is 2.08. The van der Waals surface area contributed by atoms with Crippen molar-refractivity contribution in [3.8, 4) is 0 Å². The zero-order chi connectivity index (χ0) is 14.9. The molecule has 3 aliphatic rings. The van der Waals surface area contributed by atoms with Gasteiger partial charge in [-0.2, -0.15) is 0 Å². The first kappa shape index (κ1) is 15.6. The first-order valence-corrected chi connectivity index (χ1v) is 7.71. The number of rotatable bonds is 10. The zero-order valence-electron chi connectivity index (χ0n) is 13.1. The van der Waals surface area contributed by atoms with E-state index in [0.717, 1.165) is 19.8 Å². The van der Waals surface area contributed by atoms with Gasteiger partial charge in [0.05, 0.1) is 39.6 Å². The minimum absolute atomic E-state index is 0.0131. The van der Waals surface area contributed by atoms with Gasteiger partial charge >= 0.3 is 0 Å². The Hall–Kier alpha value is -0.240. The quantitative estimate of drug-likeness (QED) is 0.448. The third kappa shape index (κ3) is 5.81. The van der Waals surface area contributed by atoms with Crippen LogP contribution in [0, 0.1) is 5.41 Å². The van der Waals surface area contributed by atoms with Crippen LogP contribution in [0.25, 0.3) is 0 Å². The Kier molecular flexibility index (Phi) is 4.55. The van der Waals surface area contributed by atoms with E-state index in [1.54, 1.807) is 0 Å². The summed E-state index contributed by atoms with van der Waals surface area (Å²) in [5, 5.41) is 0. The van der Waals surface area contributed by atoms with Crippen LogP contribution in [-0.4, -0.2) is 63.9 Å². The van der Waals surface area contributed by atoms with Crippen LogP contribution in [0.2, 0.25) is 0 Å². The monoisotopic (exact) mass is 302 g/mol. The van der Waals surface area contributed by atoms with Crippen LogP contribution in [0.4, 0.5) is 0 Å². The fraction of sp³-hybridized carbons (Fsp3) is 1.00. The molecule has 0 spiro atoms. The summed E-state index contributed by atoms with van der Waals surface area (Å²) in [6.07, 6.45) is 1.16. The molecular weight excluding hydrogens is 276 g/mol. The van der Waals surface area contributed by atoms with E-state index in [1.165, 1.54) is 0 Å². The lowest BCUT2D eigenvalue weighted by atomic mass is 9.91. The molecule has 0 amide bonds. The maximum Gasteiger partial charge on any atom is 0.283 e. The van der Waals surface area contributed by atoms with Crippen molar-refractivity contribution >= 4 is 0 Å². The molecule has 3 fully saturated rings. The van der Waals surface area contributed by atoms with Gasteiger partial charge in [-0.1, -0.05) is 20.8 Å². The summed E-state index contributed by atoms with van der Waals surface area (Å²) < 4.78 is 33.7. The molecule has 0 aromatic rings. The number of ether oxygens (including phenoxy) is 6. The highest BCUT2D eigenvalue weighted by atomic mass is 16.9. The van der Waals surface area contributed by atoms with Crippen LogP contribution < -0.4 is 0 Å². The third-order valence-corrected chi connectivity index (χ3v) is 3.42. The molecule has 0 aromatic heterocycles. The molecule has 0 bridgehead atoms. The van der Waals surface area contributed by atoms with Crippen LogP contribution in [0.5, 0.6) is 0 Å². The summed E-state index contributed by atoms with van der Waals surface area (Å²) in [5.41, 5.74) is 0.0131. The molecule has 0 N–H and O–H groups in total. The lowest BCUT2D eigenvalue weighted by Crippen LogP contribution is -2.45. The van der Waals surface area contributed by atoms with Gasteiger partial charge in [0.15, 0.2) is 0 Å². The Labute approximate surface area is 126 Å². The van der Waals surface area contributed by atoms with Crippen LogP contribution >= 0.6 is 0 Å². The van der Waals surface area contributed by atoms with E-state index in [-0.39, 0.29) is 23.7 Å². The Morgan fingerprint density at radius 3 is 1.33 bits per heavy atom. The first-order valence-electron chi connectivity index (χ1n) is 7.71. The molecule has 21 heavy (non-hydrogen) atoms. The average molecular weight is 302 g/mol. The molecule has 3 unspecified atom stereocenters. The largest absolute Gasteiger partial charge is 0.371 e. The molecule has 3 aliphatic heterocycles. The molecule has 0 aliphatic carbocycles. The molecule has 6 nitrogen and oxygen atoms in total. The predicted octanol–water partition coefficient (Wildman–Crippen LogP) is 1.32. The summed E-state index contributed by atoms with van der Waals surface area (Å²) in [4.78, 5) is 0. The lowest BCUT2D eigenvalue weighted by Gasteiger charge is -2.37. The first-order chi connectivity index (χ1) is 9.94. The van der Waals surface area contributed by atoms with Gasteiger partial charge in [0.2, 0.25) is 0 Å². The van der Waals surface area contributed by atoms with E-state index in [1.807, 2.05) is 0 Å². The predicted molar refractivity (Wildman–Crippen MR) is 73.9 cm³/mol. The van der Waals surface area contributed by atoms with Gasteiger partial charge in [-0.25, -0.2) is 0 Å². The van der Waals surface area contributed by atoms with E-state index in [9.17, 15) is 0 Å². The van der Waals surface area contributed by atoms with Gasteiger partial charge in [-0.05, 0) is 5.41 Å². The maximum atomic E-state index is 6.01. The standard InChI is InChI=1S/C15H26O6/c1-14(2,3)10-15(19-7-11-4-16-11,20-8-12-5-17-12)21-9-13-6-18-13/h11-13H,4-10H2,1-3H3. The van der Waals surface area contributed by atoms with Crippen molar-refractivity contribution in [2.24, 2.45) is 5.41 Å².